The van der Waals surface area contributed by atoms with Gasteiger partial charge in [-0.3, -0.25) is 4.79 Å². The van der Waals surface area contributed by atoms with Gasteiger partial charge in [-0.15, -0.1) is 0 Å². The van der Waals surface area contributed by atoms with Crippen LogP contribution in [0.25, 0.3) is 0 Å². The van der Waals surface area contributed by atoms with E-state index < -0.39 is 0 Å². The number of benzene rings is 1. The van der Waals surface area contributed by atoms with Gasteiger partial charge in [0.05, 0.1) is 0 Å². The molecule has 1 heteroatoms. The molecule has 0 radical (unpaired) electrons. The molecule has 84 valence electrons. The third-order valence-electron chi connectivity index (χ3n) is 4.16. The summed E-state index contributed by atoms with van der Waals surface area (Å²) in [6, 6.07) is 10.5. The average molecular weight is 214 g/mol. The van der Waals surface area contributed by atoms with Gasteiger partial charge in [-0.1, -0.05) is 37.3 Å². The maximum Gasteiger partial charge on any atom is 0.139 e. The molecule has 0 saturated heterocycles. The van der Waals surface area contributed by atoms with Crippen molar-refractivity contribution in [1.29, 1.82) is 0 Å². The Morgan fingerprint density at radius 2 is 1.94 bits per heavy atom. The van der Waals surface area contributed by atoms with Crippen LogP contribution < -0.4 is 0 Å². The Kier molecular flexibility index (Phi) is 2.34. The van der Waals surface area contributed by atoms with E-state index in [1.807, 2.05) is 6.07 Å². The summed E-state index contributed by atoms with van der Waals surface area (Å²) in [6.07, 6.45) is 3.63. The zero-order valence-corrected chi connectivity index (χ0v) is 9.73. The molecule has 1 aromatic rings. The molecule has 0 spiro atoms. The van der Waals surface area contributed by atoms with Gasteiger partial charge in [-0.2, -0.15) is 0 Å². The van der Waals surface area contributed by atoms with Crippen molar-refractivity contribution < 1.29 is 4.79 Å². The SMILES string of the molecule is CC(C(=O)C1CC1c1ccccc1)C1CC1. The Hall–Kier alpha value is -1.11. The van der Waals surface area contributed by atoms with Gasteiger partial charge in [0.15, 0.2) is 0 Å². The summed E-state index contributed by atoms with van der Waals surface area (Å²) >= 11 is 0. The molecule has 2 aliphatic rings. The van der Waals surface area contributed by atoms with Crippen LogP contribution in [-0.2, 0) is 4.79 Å². The molecule has 2 fully saturated rings. The number of hydrogen-bond donors (Lipinski definition) is 0. The molecule has 0 amide bonds. The first-order chi connectivity index (χ1) is 7.77. The molecular formula is C15H18O. The quantitative estimate of drug-likeness (QED) is 0.750. The maximum absolute atomic E-state index is 12.2. The summed E-state index contributed by atoms with van der Waals surface area (Å²) in [4.78, 5) is 12.2. The van der Waals surface area contributed by atoms with Crippen LogP contribution in [0.4, 0.5) is 0 Å². The lowest BCUT2D eigenvalue weighted by Crippen LogP contribution is -2.15. The average Bonchev–Trinajstić information content (AvgIpc) is 3.19. The summed E-state index contributed by atoms with van der Waals surface area (Å²) in [5, 5.41) is 0. The van der Waals surface area contributed by atoms with E-state index in [0.717, 1.165) is 6.42 Å². The number of ketones is 1. The smallest absolute Gasteiger partial charge is 0.139 e. The van der Waals surface area contributed by atoms with E-state index in [4.69, 9.17) is 0 Å². The minimum absolute atomic E-state index is 0.318. The molecule has 2 aliphatic carbocycles. The van der Waals surface area contributed by atoms with E-state index in [-0.39, 0.29) is 0 Å². The zero-order valence-electron chi connectivity index (χ0n) is 9.73. The van der Waals surface area contributed by atoms with Crippen molar-refractivity contribution in [1.82, 2.24) is 0 Å². The fraction of sp³-hybridized carbons (Fsp3) is 0.533. The number of carbonyl (C=O) groups excluding carboxylic acids is 1. The van der Waals surface area contributed by atoms with E-state index in [1.165, 1.54) is 18.4 Å². The monoisotopic (exact) mass is 214 g/mol. The molecule has 1 aromatic carbocycles. The highest BCUT2D eigenvalue weighted by Gasteiger charge is 2.47. The highest BCUT2D eigenvalue weighted by molar-refractivity contribution is 5.87. The van der Waals surface area contributed by atoms with Gasteiger partial charge in [0.25, 0.3) is 0 Å². The Labute approximate surface area is 96.9 Å². The standard InChI is InChI=1S/C15H18O/c1-10(11-7-8-11)15(16)14-9-13(14)12-5-3-2-4-6-12/h2-6,10-11,13-14H,7-9H2,1H3. The van der Waals surface area contributed by atoms with Gasteiger partial charge in [-0.25, -0.2) is 0 Å². The van der Waals surface area contributed by atoms with Crippen LogP contribution in [0.1, 0.15) is 37.7 Å². The summed E-state index contributed by atoms with van der Waals surface area (Å²) in [6.45, 7) is 2.13. The lowest BCUT2D eigenvalue weighted by molar-refractivity contribution is -0.124. The highest BCUT2D eigenvalue weighted by Crippen LogP contribution is 2.51. The second kappa shape index (κ2) is 3.73. The molecule has 0 aromatic heterocycles. The lowest BCUT2D eigenvalue weighted by atomic mass is 9.95. The highest BCUT2D eigenvalue weighted by atomic mass is 16.1. The number of rotatable bonds is 4. The maximum atomic E-state index is 12.2. The molecule has 0 bridgehead atoms. The van der Waals surface area contributed by atoms with Crippen molar-refractivity contribution in [2.75, 3.05) is 0 Å². The third kappa shape index (κ3) is 1.79. The van der Waals surface area contributed by atoms with Crippen molar-refractivity contribution in [3.05, 3.63) is 35.9 Å². The van der Waals surface area contributed by atoms with Crippen LogP contribution >= 0.6 is 0 Å². The minimum atomic E-state index is 0.318. The summed E-state index contributed by atoms with van der Waals surface area (Å²) in [5.74, 6) is 2.41. The fourth-order valence-corrected chi connectivity index (χ4v) is 2.74. The normalized spacial score (nSPS) is 29.8. The molecular weight excluding hydrogens is 196 g/mol. The molecule has 0 N–H and O–H groups in total. The van der Waals surface area contributed by atoms with Crippen LogP contribution in [0.3, 0.4) is 0 Å². The first-order valence-electron chi connectivity index (χ1n) is 6.36. The Balaban J connectivity index is 1.65. The number of hydrogen-bond acceptors (Lipinski definition) is 1. The van der Waals surface area contributed by atoms with Crippen molar-refractivity contribution in [2.45, 2.75) is 32.1 Å². The second-order valence-corrected chi connectivity index (χ2v) is 5.39. The number of carbonyl (C=O) groups is 1. The Morgan fingerprint density at radius 3 is 2.56 bits per heavy atom. The Morgan fingerprint density at radius 1 is 1.25 bits per heavy atom. The fourth-order valence-electron chi connectivity index (χ4n) is 2.74. The van der Waals surface area contributed by atoms with Crippen molar-refractivity contribution in [2.24, 2.45) is 17.8 Å². The minimum Gasteiger partial charge on any atom is -0.299 e. The molecule has 1 nitrogen and oxygen atoms in total. The van der Waals surface area contributed by atoms with Crippen LogP contribution in [0.2, 0.25) is 0 Å². The van der Waals surface area contributed by atoms with E-state index in [2.05, 4.69) is 31.2 Å². The first-order valence-corrected chi connectivity index (χ1v) is 6.36. The van der Waals surface area contributed by atoms with Crippen LogP contribution in [-0.4, -0.2) is 5.78 Å². The summed E-state index contributed by atoms with van der Waals surface area (Å²) in [7, 11) is 0. The lowest BCUT2D eigenvalue weighted by Gasteiger charge is -2.08. The second-order valence-electron chi connectivity index (χ2n) is 5.39. The van der Waals surface area contributed by atoms with Gasteiger partial charge in [-0.05, 0) is 36.7 Å². The summed E-state index contributed by atoms with van der Waals surface area (Å²) in [5.41, 5.74) is 1.35. The van der Waals surface area contributed by atoms with Gasteiger partial charge in [0, 0.05) is 11.8 Å². The van der Waals surface area contributed by atoms with Gasteiger partial charge < -0.3 is 0 Å². The van der Waals surface area contributed by atoms with Crippen LogP contribution in [0, 0.1) is 17.8 Å². The predicted molar refractivity (Wildman–Crippen MR) is 64.2 cm³/mol. The molecule has 0 aliphatic heterocycles. The molecule has 3 rings (SSSR count). The van der Waals surface area contributed by atoms with Gasteiger partial charge in [0.1, 0.15) is 5.78 Å². The van der Waals surface area contributed by atoms with E-state index in [0.29, 0.717) is 29.5 Å². The predicted octanol–water partition coefficient (Wildman–Crippen LogP) is 3.41. The van der Waals surface area contributed by atoms with Crippen LogP contribution in [0.5, 0.6) is 0 Å². The van der Waals surface area contributed by atoms with Gasteiger partial charge in [0.2, 0.25) is 0 Å². The van der Waals surface area contributed by atoms with E-state index in [1.54, 1.807) is 0 Å². The first kappa shape index (κ1) is 10.1. The zero-order chi connectivity index (χ0) is 11.1. The van der Waals surface area contributed by atoms with E-state index >= 15 is 0 Å². The van der Waals surface area contributed by atoms with Crippen molar-refractivity contribution in [3.63, 3.8) is 0 Å². The van der Waals surface area contributed by atoms with Crippen molar-refractivity contribution in [3.8, 4) is 0 Å². The third-order valence-corrected chi connectivity index (χ3v) is 4.16. The van der Waals surface area contributed by atoms with Crippen LogP contribution in [0.15, 0.2) is 30.3 Å². The molecule has 3 atom stereocenters. The molecule has 0 heterocycles. The summed E-state index contributed by atoms with van der Waals surface area (Å²) < 4.78 is 0. The number of Topliss-reactive ketones (excluding diaryl/α,β-unsaturated/α-hetero) is 1. The molecule has 3 unspecified atom stereocenters. The largest absolute Gasteiger partial charge is 0.299 e. The van der Waals surface area contributed by atoms with Gasteiger partial charge >= 0.3 is 0 Å². The van der Waals surface area contributed by atoms with E-state index in [9.17, 15) is 4.79 Å². The Bertz CT molecular complexity index is 391. The molecule has 2 saturated carbocycles. The van der Waals surface area contributed by atoms with Crippen molar-refractivity contribution >= 4 is 5.78 Å². The topological polar surface area (TPSA) is 17.1 Å². The molecule has 16 heavy (non-hydrogen) atoms.